The highest BCUT2D eigenvalue weighted by Crippen LogP contribution is 2.18. The van der Waals surface area contributed by atoms with Crippen LogP contribution < -0.4 is 5.32 Å². The van der Waals surface area contributed by atoms with E-state index in [4.69, 9.17) is 5.26 Å². The number of amides is 1. The molecule has 0 spiro atoms. The van der Waals surface area contributed by atoms with Crippen molar-refractivity contribution in [2.45, 2.75) is 45.7 Å². The third-order valence-corrected chi connectivity index (χ3v) is 4.87. The largest absolute Gasteiger partial charge is 0.354 e. The molecule has 1 aromatic carbocycles. The fourth-order valence-corrected chi connectivity index (χ4v) is 3.28. The molecule has 6 nitrogen and oxygen atoms in total. The predicted molar refractivity (Wildman–Crippen MR) is 106 cm³/mol. The van der Waals surface area contributed by atoms with Gasteiger partial charge in [-0.1, -0.05) is 30.3 Å². The molecule has 2 aromatic rings. The van der Waals surface area contributed by atoms with E-state index >= 15 is 0 Å². The molecule has 1 aromatic heterocycles. The van der Waals surface area contributed by atoms with Crippen LogP contribution in [0.1, 0.15) is 41.4 Å². The van der Waals surface area contributed by atoms with Crippen molar-refractivity contribution in [1.82, 2.24) is 20.0 Å². The fourth-order valence-electron chi connectivity index (χ4n) is 3.28. The van der Waals surface area contributed by atoms with Gasteiger partial charge in [0.15, 0.2) is 0 Å². The van der Waals surface area contributed by atoms with Crippen molar-refractivity contribution < 1.29 is 4.79 Å². The van der Waals surface area contributed by atoms with Crippen molar-refractivity contribution in [1.29, 1.82) is 5.26 Å². The summed E-state index contributed by atoms with van der Waals surface area (Å²) in [6.07, 6.45) is 1.53. The Morgan fingerprint density at radius 1 is 1.30 bits per heavy atom. The SMILES string of the molecule is Cc1nn(CCC#N)c(C)c1CCC(=O)NCC(c1ccccc1)N(C)C. The molecule has 0 bridgehead atoms. The number of aromatic nitrogens is 2. The molecule has 1 unspecified atom stereocenters. The first-order chi connectivity index (χ1) is 12.9. The molecule has 1 heterocycles. The minimum absolute atomic E-state index is 0.0429. The number of nitrogens with zero attached hydrogens (tertiary/aromatic N) is 4. The lowest BCUT2D eigenvalue weighted by Crippen LogP contribution is -2.34. The van der Waals surface area contributed by atoms with Crippen molar-refractivity contribution in [3.05, 3.63) is 52.8 Å². The second kappa shape index (κ2) is 9.89. The number of hydrogen-bond acceptors (Lipinski definition) is 4. The van der Waals surface area contributed by atoms with Gasteiger partial charge in [0.25, 0.3) is 0 Å². The van der Waals surface area contributed by atoms with Gasteiger partial charge in [0, 0.05) is 18.7 Å². The molecule has 2 rings (SSSR count). The van der Waals surface area contributed by atoms with Gasteiger partial charge >= 0.3 is 0 Å². The maximum atomic E-state index is 12.4. The zero-order valence-electron chi connectivity index (χ0n) is 16.7. The summed E-state index contributed by atoms with van der Waals surface area (Å²) in [5.74, 6) is 0.0429. The van der Waals surface area contributed by atoms with Crippen LogP contribution in [0.2, 0.25) is 0 Å². The number of nitriles is 1. The molecule has 0 fully saturated rings. The van der Waals surface area contributed by atoms with Crippen molar-refractivity contribution in [3.63, 3.8) is 0 Å². The lowest BCUT2D eigenvalue weighted by atomic mass is 10.1. The lowest BCUT2D eigenvalue weighted by Gasteiger charge is -2.25. The molecular weight excluding hydrogens is 338 g/mol. The first kappa shape index (κ1) is 20.7. The second-order valence-electron chi connectivity index (χ2n) is 6.97. The van der Waals surface area contributed by atoms with E-state index in [1.807, 2.05) is 50.8 Å². The topological polar surface area (TPSA) is 73.9 Å². The summed E-state index contributed by atoms with van der Waals surface area (Å²) in [5.41, 5.74) is 4.28. The van der Waals surface area contributed by atoms with Gasteiger partial charge in [-0.05, 0) is 45.5 Å². The van der Waals surface area contributed by atoms with Crippen LogP contribution in [0.4, 0.5) is 0 Å². The fraction of sp³-hybridized carbons (Fsp3) is 0.476. The molecule has 0 saturated carbocycles. The molecular formula is C21H29N5O. The number of likely N-dealkylation sites (N-methyl/N-ethyl adjacent to an activating group) is 1. The van der Waals surface area contributed by atoms with Crippen LogP contribution in [0.25, 0.3) is 0 Å². The molecule has 144 valence electrons. The van der Waals surface area contributed by atoms with Crippen molar-refractivity contribution >= 4 is 5.91 Å². The molecule has 1 amide bonds. The molecule has 6 heteroatoms. The first-order valence-electron chi connectivity index (χ1n) is 9.32. The highest BCUT2D eigenvalue weighted by Gasteiger charge is 2.16. The van der Waals surface area contributed by atoms with E-state index in [1.165, 1.54) is 5.56 Å². The van der Waals surface area contributed by atoms with Crippen LogP contribution >= 0.6 is 0 Å². The van der Waals surface area contributed by atoms with Gasteiger partial charge in [-0.25, -0.2) is 0 Å². The number of carbonyl (C=O) groups excluding carboxylic acids is 1. The number of carbonyl (C=O) groups is 1. The van der Waals surface area contributed by atoms with Crippen LogP contribution in [-0.2, 0) is 17.8 Å². The number of rotatable bonds is 9. The summed E-state index contributed by atoms with van der Waals surface area (Å²) in [7, 11) is 4.04. The summed E-state index contributed by atoms with van der Waals surface area (Å²) >= 11 is 0. The number of benzene rings is 1. The molecule has 0 saturated heterocycles. The van der Waals surface area contributed by atoms with Crippen LogP contribution in [0, 0.1) is 25.2 Å². The average molecular weight is 367 g/mol. The average Bonchev–Trinajstić information content (AvgIpc) is 2.92. The third-order valence-electron chi connectivity index (χ3n) is 4.87. The highest BCUT2D eigenvalue weighted by molar-refractivity contribution is 5.76. The minimum atomic E-state index is 0.0429. The van der Waals surface area contributed by atoms with Crippen LogP contribution in [-0.4, -0.2) is 41.2 Å². The number of aryl methyl sites for hydroxylation is 2. The number of nitrogens with one attached hydrogen (secondary N) is 1. The maximum absolute atomic E-state index is 12.4. The van der Waals surface area contributed by atoms with Crippen molar-refractivity contribution in [2.75, 3.05) is 20.6 Å². The summed E-state index contributed by atoms with van der Waals surface area (Å²) in [5, 5.41) is 16.3. The monoisotopic (exact) mass is 367 g/mol. The molecule has 1 N–H and O–H groups in total. The normalized spacial score (nSPS) is 12.0. The molecule has 0 aliphatic carbocycles. The van der Waals surface area contributed by atoms with Gasteiger partial charge in [0.1, 0.15) is 0 Å². The Bertz CT molecular complexity index is 789. The highest BCUT2D eigenvalue weighted by atomic mass is 16.1. The Kier molecular flexibility index (Phi) is 7.56. The van der Waals surface area contributed by atoms with E-state index in [2.05, 4.69) is 33.5 Å². The van der Waals surface area contributed by atoms with E-state index in [9.17, 15) is 4.79 Å². The Hall–Kier alpha value is -2.65. The van der Waals surface area contributed by atoms with Gasteiger partial charge in [-0.3, -0.25) is 9.48 Å². The lowest BCUT2D eigenvalue weighted by molar-refractivity contribution is -0.121. The Balaban J connectivity index is 1.91. The van der Waals surface area contributed by atoms with Crippen LogP contribution in [0.5, 0.6) is 0 Å². The maximum Gasteiger partial charge on any atom is 0.220 e. The van der Waals surface area contributed by atoms with Gasteiger partial charge in [0.05, 0.1) is 30.8 Å². The summed E-state index contributed by atoms with van der Waals surface area (Å²) in [6.45, 7) is 5.13. The second-order valence-corrected chi connectivity index (χ2v) is 6.97. The third kappa shape index (κ3) is 5.66. The van der Waals surface area contributed by atoms with Gasteiger partial charge in [0.2, 0.25) is 5.91 Å². The van der Waals surface area contributed by atoms with Gasteiger partial charge < -0.3 is 10.2 Å². The summed E-state index contributed by atoms with van der Waals surface area (Å²) in [6, 6.07) is 12.5. The van der Waals surface area contributed by atoms with E-state index in [0.717, 1.165) is 17.0 Å². The zero-order chi connectivity index (χ0) is 19.8. The van der Waals surface area contributed by atoms with E-state index < -0.39 is 0 Å². The Morgan fingerprint density at radius 3 is 2.63 bits per heavy atom. The number of hydrogen-bond donors (Lipinski definition) is 1. The zero-order valence-corrected chi connectivity index (χ0v) is 16.7. The van der Waals surface area contributed by atoms with Crippen LogP contribution in [0.3, 0.4) is 0 Å². The summed E-state index contributed by atoms with van der Waals surface area (Å²) < 4.78 is 1.86. The molecule has 0 aliphatic heterocycles. The van der Waals surface area contributed by atoms with Gasteiger partial charge in [-0.15, -0.1) is 0 Å². The first-order valence-corrected chi connectivity index (χ1v) is 9.32. The Labute approximate surface area is 161 Å². The molecule has 0 radical (unpaired) electrons. The minimum Gasteiger partial charge on any atom is -0.354 e. The Morgan fingerprint density at radius 2 is 2.00 bits per heavy atom. The van der Waals surface area contributed by atoms with E-state index in [0.29, 0.717) is 32.4 Å². The van der Waals surface area contributed by atoms with Crippen LogP contribution in [0.15, 0.2) is 30.3 Å². The van der Waals surface area contributed by atoms with Crippen molar-refractivity contribution in [3.8, 4) is 6.07 Å². The van der Waals surface area contributed by atoms with Gasteiger partial charge in [-0.2, -0.15) is 10.4 Å². The van der Waals surface area contributed by atoms with E-state index in [1.54, 1.807) is 0 Å². The summed E-state index contributed by atoms with van der Waals surface area (Å²) in [4.78, 5) is 14.5. The van der Waals surface area contributed by atoms with E-state index in [-0.39, 0.29) is 11.9 Å². The molecule has 27 heavy (non-hydrogen) atoms. The standard InChI is InChI=1S/C21H29N5O/c1-16-19(17(2)26(24-16)14-8-13-22)11-12-21(27)23-15-20(25(3)4)18-9-6-5-7-10-18/h5-7,9-10,20H,8,11-12,14-15H2,1-4H3,(H,23,27). The predicted octanol–water partition coefficient (Wildman–Crippen LogP) is 2.77. The smallest absolute Gasteiger partial charge is 0.220 e. The molecule has 1 atom stereocenters. The molecule has 0 aliphatic rings. The van der Waals surface area contributed by atoms with Crippen molar-refractivity contribution in [2.24, 2.45) is 0 Å². The quantitative estimate of drug-likeness (QED) is 0.739.